The third kappa shape index (κ3) is 2.56. The number of rotatable bonds is 3. The Morgan fingerprint density at radius 3 is 2.11 bits per heavy atom. The van der Waals surface area contributed by atoms with Gasteiger partial charge in [-0.2, -0.15) is 0 Å². The van der Waals surface area contributed by atoms with Gasteiger partial charge in [0.2, 0.25) is 0 Å². The molecule has 0 saturated carbocycles. The van der Waals surface area contributed by atoms with E-state index in [0.717, 1.165) is 16.9 Å². The molecule has 0 radical (unpaired) electrons. The maximum atomic E-state index is 4.18. The van der Waals surface area contributed by atoms with E-state index in [4.69, 9.17) is 0 Å². The van der Waals surface area contributed by atoms with Crippen LogP contribution in [0.5, 0.6) is 0 Å². The molecule has 0 unspecified atom stereocenters. The average molecular weight is 140 g/mol. The number of thiol groups is 1. The molecule has 0 aliphatic rings. The van der Waals surface area contributed by atoms with E-state index in [1.54, 1.807) is 6.08 Å². The summed E-state index contributed by atoms with van der Waals surface area (Å²) >= 11 is 4.18. The van der Waals surface area contributed by atoms with E-state index in [1.807, 2.05) is 6.08 Å². The monoisotopic (exact) mass is 140 g/mol. The van der Waals surface area contributed by atoms with Crippen molar-refractivity contribution in [2.45, 2.75) is 13.3 Å². The summed E-state index contributed by atoms with van der Waals surface area (Å²) < 4.78 is 0. The highest BCUT2D eigenvalue weighted by atomic mass is 32.1. The third-order valence-electron chi connectivity index (χ3n) is 1.15. The zero-order valence-corrected chi connectivity index (χ0v) is 6.62. The molecule has 9 heavy (non-hydrogen) atoms. The largest absolute Gasteiger partial charge is 0.143 e. The van der Waals surface area contributed by atoms with Crippen LogP contribution in [0.4, 0.5) is 0 Å². The van der Waals surface area contributed by atoms with Crippen LogP contribution in [0.15, 0.2) is 35.8 Å². The van der Waals surface area contributed by atoms with Crippen molar-refractivity contribution in [3.05, 3.63) is 35.8 Å². The van der Waals surface area contributed by atoms with Crippen LogP contribution in [0.3, 0.4) is 0 Å². The quantitative estimate of drug-likeness (QED) is 0.452. The van der Waals surface area contributed by atoms with Crippen molar-refractivity contribution in [1.82, 2.24) is 0 Å². The zero-order chi connectivity index (χ0) is 7.28. The molecular formula is C8H12S. The standard InChI is InChI=1S/C8H12S/c1-4-7(5-2)8(9)6-3/h4,6,9H,1,3,5H2,2H3/b8-7-. The molecule has 0 spiro atoms. The zero-order valence-electron chi connectivity index (χ0n) is 5.72. The molecule has 1 heteroatoms. The fourth-order valence-corrected chi connectivity index (χ4v) is 0.811. The number of allylic oxidation sites excluding steroid dienone is 3. The molecule has 0 aromatic carbocycles. The van der Waals surface area contributed by atoms with Crippen LogP contribution in [-0.2, 0) is 0 Å². The molecule has 0 amide bonds. The van der Waals surface area contributed by atoms with Gasteiger partial charge in [-0.25, -0.2) is 0 Å². The molecule has 0 atom stereocenters. The van der Waals surface area contributed by atoms with E-state index < -0.39 is 0 Å². The van der Waals surface area contributed by atoms with Crippen molar-refractivity contribution >= 4 is 12.6 Å². The topological polar surface area (TPSA) is 0 Å². The van der Waals surface area contributed by atoms with Crippen LogP contribution >= 0.6 is 12.6 Å². The van der Waals surface area contributed by atoms with Crippen LogP contribution in [0.1, 0.15) is 13.3 Å². The van der Waals surface area contributed by atoms with Gasteiger partial charge in [0.1, 0.15) is 0 Å². The number of hydrogen-bond donors (Lipinski definition) is 1. The highest BCUT2D eigenvalue weighted by Crippen LogP contribution is 2.13. The smallest absolute Gasteiger partial charge is 0.00658 e. The lowest BCUT2D eigenvalue weighted by atomic mass is 10.2. The van der Waals surface area contributed by atoms with Gasteiger partial charge in [-0.05, 0) is 12.0 Å². The average Bonchev–Trinajstić information content (AvgIpc) is 1.90. The third-order valence-corrected chi connectivity index (χ3v) is 1.62. The van der Waals surface area contributed by atoms with E-state index in [9.17, 15) is 0 Å². The fraction of sp³-hybridized carbons (Fsp3) is 0.250. The molecule has 0 heterocycles. The maximum absolute atomic E-state index is 4.18. The maximum Gasteiger partial charge on any atom is 0.00658 e. The summed E-state index contributed by atoms with van der Waals surface area (Å²) in [5.41, 5.74) is 1.15. The van der Waals surface area contributed by atoms with Gasteiger partial charge < -0.3 is 0 Å². The lowest BCUT2D eigenvalue weighted by molar-refractivity contribution is 1.15. The second-order valence-corrected chi connectivity index (χ2v) is 2.15. The van der Waals surface area contributed by atoms with Crippen LogP contribution in [-0.4, -0.2) is 0 Å². The van der Waals surface area contributed by atoms with Crippen LogP contribution < -0.4 is 0 Å². The Bertz CT molecular complexity index is 143. The van der Waals surface area contributed by atoms with Crippen molar-refractivity contribution in [2.24, 2.45) is 0 Å². The highest BCUT2D eigenvalue weighted by Gasteiger charge is 1.89. The first-order chi connectivity index (χ1) is 4.26. The summed E-state index contributed by atoms with van der Waals surface area (Å²) in [7, 11) is 0. The van der Waals surface area contributed by atoms with Crippen LogP contribution in [0, 0.1) is 0 Å². The van der Waals surface area contributed by atoms with Crippen molar-refractivity contribution < 1.29 is 0 Å². The Balaban J connectivity index is 4.36. The second-order valence-electron chi connectivity index (χ2n) is 1.67. The molecule has 0 saturated heterocycles. The van der Waals surface area contributed by atoms with Gasteiger partial charge in [-0.15, -0.1) is 12.6 Å². The Kier molecular flexibility index (Phi) is 4.24. The minimum absolute atomic E-state index is 0.924. The molecule has 0 rings (SSSR count). The Labute approximate surface area is 62.4 Å². The van der Waals surface area contributed by atoms with Crippen molar-refractivity contribution in [3.8, 4) is 0 Å². The first-order valence-corrected chi connectivity index (χ1v) is 3.38. The predicted octanol–water partition coefficient (Wildman–Crippen LogP) is 2.95. The van der Waals surface area contributed by atoms with E-state index in [1.165, 1.54) is 0 Å². The SMILES string of the molecule is C=C/C(S)=C(\C=C)CC. The lowest BCUT2D eigenvalue weighted by Gasteiger charge is -1.97. The first-order valence-electron chi connectivity index (χ1n) is 2.93. The van der Waals surface area contributed by atoms with E-state index in [0.29, 0.717) is 0 Å². The summed E-state index contributed by atoms with van der Waals surface area (Å²) in [4.78, 5) is 0.924. The minimum atomic E-state index is 0.924. The summed E-state index contributed by atoms with van der Waals surface area (Å²) in [5.74, 6) is 0. The molecule has 0 N–H and O–H groups in total. The molecule has 0 bridgehead atoms. The normalized spacial score (nSPS) is 12.2. The molecule has 0 nitrogen and oxygen atoms in total. The van der Waals surface area contributed by atoms with Gasteiger partial charge in [0, 0.05) is 4.91 Å². The summed E-state index contributed by atoms with van der Waals surface area (Å²) in [6.07, 6.45) is 4.50. The highest BCUT2D eigenvalue weighted by molar-refractivity contribution is 7.84. The molecule has 0 aromatic rings. The van der Waals surface area contributed by atoms with Gasteiger partial charge in [0.25, 0.3) is 0 Å². The second kappa shape index (κ2) is 4.45. The van der Waals surface area contributed by atoms with E-state index in [2.05, 4.69) is 32.7 Å². The van der Waals surface area contributed by atoms with Crippen molar-refractivity contribution in [2.75, 3.05) is 0 Å². The molecule has 0 aliphatic heterocycles. The van der Waals surface area contributed by atoms with Gasteiger partial charge in [0.15, 0.2) is 0 Å². The van der Waals surface area contributed by atoms with Crippen LogP contribution in [0.2, 0.25) is 0 Å². The number of hydrogen-bond acceptors (Lipinski definition) is 1. The Hall–Kier alpha value is -0.430. The minimum Gasteiger partial charge on any atom is -0.143 e. The lowest BCUT2D eigenvalue weighted by Crippen LogP contribution is -1.75. The van der Waals surface area contributed by atoms with Gasteiger partial charge >= 0.3 is 0 Å². The van der Waals surface area contributed by atoms with Gasteiger partial charge in [-0.3, -0.25) is 0 Å². The van der Waals surface area contributed by atoms with E-state index >= 15 is 0 Å². The first kappa shape index (κ1) is 8.57. The van der Waals surface area contributed by atoms with Crippen molar-refractivity contribution in [3.63, 3.8) is 0 Å². The Morgan fingerprint density at radius 1 is 1.44 bits per heavy atom. The Morgan fingerprint density at radius 2 is 2.00 bits per heavy atom. The molecule has 0 aromatic heterocycles. The molecule has 0 aliphatic carbocycles. The molecular weight excluding hydrogens is 128 g/mol. The van der Waals surface area contributed by atoms with Gasteiger partial charge in [0.05, 0.1) is 0 Å². The predicted molar refractivity (Wildman–Crippen MR) is 46.7 cm³/mol. The van der Waals surface area contributed by atoms with Crippen LogP contribution in [0.25, 0.3) is 0 Å². The summed E-state index contributed by atoms with van der Waals surface area (Å²) in [6, 6.07) is 0. The van der Waals surface area contributed by atoms with E-state index in [-0.39, 0.29) is 0 Å². The summed E-state index contributed by atoms with van der Waals surface area (Å²) in [5, 5.41) is 0. The van der Waals surface area contributed by atoms with Gasteiger partial charge in [-0.1, -0.05) is 32.2 Å². The fourth-order valence-electron chi connectivity index (χ4n) is 0.561. The molecule has 0 fully saturated rings. The molecule has 50 valence electrons. The summed E-state index contributed by atoms with van der Waals surface area (Å²) in [6.45, 7) is 9.31. The van der Waals surface area contributed by atoms with Crippen molar-refractivity contribution in [1.29, 1.82) is 0 Å².